The van der Waals surface area contributed by atoms with Crippen molar-refractivity contribution in [3.8, 4) is 0 Å². The van der Waals surface area contributed by atoms with Crippen LogP contribution in [0.3, 0.4) is 0 Å². The molecule has 1 saturated heterocycles. The average Bonchev–Trinajstić information content (AvgIpc) is 3.61. The molecule has 1 aromatic heterocycles. The number of para-hydroxylation sites is 1. The van der Waals surface area contributed by atoms with Crippen LogP contribution in [0, 0.1) is 5.92 Å². The van der Waals surface area contributed by atoms with E-state index in [4.69, 9.17) is 9.97 Å². The summed E-state index contributed by atoms with van der Waals surface area (Å²) < 4.78 is 0. The van der Waals surface area contributed by atoms with Crippen LogP contribution in [0.4, 0.5) is 5.82 Å². The van der Waals surface area contributed by atoms with E-state index in [1.807, 2.05) is 6.07 Å². The Hall–Kier alpha value is -2.21. The number of quaternary nitrogens is 1. The zero-order valence-electron chi connectivity index (χ0n) is 18.7. The molecule has 0 radical (unpaired) electrons. The summed E-state index contributed by atoms with van der Waals surface area (Å²) in [6.07, 6.45) is 2.92. The third-order valence-corrected chi connectivity index (χ3v) is 6.35. The molecule has 30 heavy (non-hydrogen) atoms. The molecular formula is C24H36N5O+. The van der Waals surface area contributed by atoms with Crippen molar-refractivity contribution in [3.05, 3.63) is 30.1 Å². The second kappa shape index (κ2) is 9.29. The predicted molar refractivity (Wildman–Crippen MR) is 121 cm³/mol. The molecule has 1 aliphatic carbocycles. The van der Waals surface area contributed by atoms with Gasteiger partial charge in [0.1, 0.15) is 11.6 Å². The number of piperazine rings is 1. The molecule has 0 unspecified atom stereocenters. The van der Waals surface area contributed by atoms with Gasteiger partial charge < -0.3 is 14.7 Å². The van der Waals surface area contributed by atoms with Crippen LogP contribution in [0.15, 0.2) is 24.3 Å². The molecule has 0 bridgehead atoms. The minimum atomic E-state index is 0.277. The van der Waals surface area contributed by atoms with Gasteiger partial charge in [-0.1, -0.05) is 26.0 Å². The van der Waals surface area contributed by atoms with E-state index in [1.54, 1.807) is 4.90 Å². The van der Waals surface area contributed by atoms with Crippen LogP contribution in [-0.4, -0.2) is 66.6 Å². The molecular weight excluding hydrogens is 374 g/mol. The van der Waals surface area contributed by atoms with Crippen LogP contribution >= 0.6 is 0 Å². The smallest absolute Gasteiger partial charge is 0.224 e. The van der Waals surface area contributed by atoms with Gasteiger partial charge in [0.2, 0.25) is 5.91 Å². The maximum atomic E-state index is 12.9. The highest BCUT2D eigenvalue weighted by molar-refractivity contribution is 5.90. The molecule has 2 aromatic rings. The molecule has 1 N–H and O–H groups in total. The summed E-state index contributed by atoms with van der Waals surface area (Å²) in [6.45, 7) is 13.3. The second-order valence-corrected chi connectivity index (χ2v) is 9.27. The Morgan fingerprint density at radius 1 is 1.20 bits per heavy atom. The average molecular weight is 411 g/mol. The van der Waals surface area contributed by atoms with Crippen molar-refractivity contribution >= 4 is 22.6 Å². The molecule has 2 heterocycles. The first-order chi connectivity index (χ1) is 14.5. The van der Waals surface area contributed by atoms with E-state index in [1.165, 1.54) is 12.8 Å². The number of fused-ring (bicyclic) bond motifs is 1. The van der Waals surface area contributed by atoms with Crippen LogP contribution in [0.25, 0.3) is 10.9 Å². The van der Waals surface area contributed by atoms with Crippen molar-refractivity contribution in [1.82, 2.24) is 14.9 Å². The van der Waals surface area contributed by atoms with Crippen LogP contribution in [0.1, 0.15) is 51.8 Å². The molecule has 2 fully saturated rings. The summed E-state index contributed by atoms with van der Waals surface area (Å²) >= 11 is 0. The van der Waals surface area contributed by atoms with Gasteiger partial charge in [-0.15, -0.1) is 0 Å². The zero-order valence-corrected chi connectivity index (χ0v) is 18.7. The first-order valence-electron chi connectivity index (χ1n) is 11.7. The molecule has 1 amide bonds. The number of aromatic nitrogens is 2. The first-order valence-corrected chi connectivity index (χ1v) is 11.7. The lowest BCUT2D eigenvalue weighted by atomic mass is 10.1. The summed E-state index contributed by atoms with van der Waals surface area (Å²) in [5.41, 5.74) is 1.02. The van der Waals surface area contributed by atoms with Gasteiger partial charge in [0.15, 0.2) is 0 Å². The minimum Gasteiger partial charge on any atom is -0.355 e. The lowest BCUT2D eigenvalue weighted by Crippen LogP contribution is -3.14. The van der Waals surface area contributed by atoms with E-state index in [0.717, 1.165) is 61.8 Å². The third kappa shape index (κ3) is 4.91. The van der Waals surface area contributed by atoms with Crippen molar-refractivity contribution in [2.24, 2.45) is 5.92 Å². The molecule has 1 saturated carbocycles. The lowest BCUT2D eigenvalue weighted by molar-refractivity contribution is -0.902. The van der Waals surface area contributed by atoms with Gasteiger partial charge in [0.05, 0.1) is 38.2 Å². The van der Waals surface area contributed by atoms with Crippen molar-refractivity contribution in [3.63, 3.8) is 0 Å². The number of hydrogen-bond donors (Lipinski definition) is 1. The van der Waals surface area contributed by atoms with Gasteiger partial charge in [-0.25, -0.2) is 9.97 Å². The van der Waals surface area contributed by atoms with E-state index in [2.05, 4.69) is 48.8 Å². The van der Waals surface area contributed by atoms with E-state index >= 15 is 0 Å². The maximum absolute atomic E-state index is 12.9. The topological polar surface area (TPSA) is 53.8 Å². The molecule has 1 aromatic carbocycles. The number of nitrogens with zero attached hydrogens (tertiary/aromatic N) is 4. The van der Waals surface area contributed by atoms with Gasteiger partial charge in [-0.05, 0) is 37.8 Å². The normalized spacial score (nSPS) is 17.7. The predicted octanol–water partition coefficient (Wildman–Crippen LogP) is 2.11. The third-order valence-electron chi connectivity index (χ3n) is 6.35. The highest BCUT2D eigenvalue weighted by atomic mass is 16.2. The highest BCUT2D eigenvalue weighted by Crippen LogP contribution is 2.40. The zero-order chi connectivity index (χ0) is 21.1. The standard InChI is InChI=1S/C24H35N5O/c1-4-27-13-15-28(16-14-27)22(30)11-12-29(17-18(2)3)24-20-7-5-6-8-21(20)25-23(26-24)19-9-10-19/h5-8,18-19H,4,9-17H2,1-3H3/p+1. The van der Waals surface area contributed by atoms with E-state index < -0.39 is 0 Å². The number of carbonyl (C=O) groups excluding carboxylic acids is 1. The molecule has 2 aliphatic rings. The Labute approximate surface area is 180 Å². The Bertz CT molecular complexity index is 871. The fourth-order valence-electron chi connectivity index (χ4n) is 4.38. The summed E-state index contributed by atoms with van der Waals surface area (Å²) in [7, 11) is 0. The number of hydrogen-bond acceptors (Lipinski definition) is 4. The fourth-order valence-corrected chi connectivity index (χ4v) is 4.38. The number of benzene rings is 1. The fraction of sp³-hybridized carbons (Fsp3) is 0.625. The van der Waals surface area contributed by atoms with Gasteiger partial charge in [-0.3, -0.25) is 4.79 Å². The number of amides is 1. The summed E-state index contributed by atoms with van der Waals surface area (Å²) in [5, 5.41) is 1.09. The second-order valence-electron chi connectivity index (χ2n) is 9.27. The van der Waals surface area contributed by atoms with Crippen molar-refractivity contribution in [2.45, 2.75) is 46.0 Å². The Kier molecular flexibility index (Phi) is 6.52. The first kappa shape index (κ1) is 21.0. The Morgan fingerprint density at radius 3 is 2.60 bits per heavy atom. The van der Waals surface area contributed by atoms with Gasteiger partial charge >= 0.3 is 0 Å². The van der Waals surface area contributed by atoms with Crippen LogP contribution in [0.5, 0.6) is 0 Å². The number of likely N-dealkylation sites (N-methyl/N-ethyl adjacent to an activating group) is 1. The quantitative estimate of drug-likeness (QED) is 0.724. The van der Waals surface area contributed by atoms with Crippen molar-refractivity contribution < 1.29 is 9.69 Å². The molecule has 6 nitrogen and oxygen atoms in total. The number of anilines is 1. The van der Waals surface area contributed by atoms with E-state index in [0.29, 0.717) is 24.8 Å². The number of rotatable bonds is 8. The number of nitrogens with one attached hydrogen (secondary N) is 1. The molecule has 1 aliphatic heterocycles. The Balaban J connectivity index is 1.52. The van der Waals surface area contributed by atoms with E-state index in [9.17, 15) is 4.79 Å². The van der Waals surface area contributed by atoms with Gasteiger partial charge in [-0.2, -0.15) is 0 Å². The number of carbonyl (C=O) groups is 1. The SMILES string of the molecule is CC[NH+]1CCN(C(=O)CCN(CC(C)C)c2nc(C3CC3)nc3ccccc23)CC1. The summed E-state index contributed by atoms with van der Waals surface area (Å²) in [6, 6.07) is 8.30. The molecule has 0 atom stereocenters. The van der Waals surface area contributed by atoms with Crippen LogP contribution in [0.2, 0.25) is 0 Å². The van der Waals surface area contributed by atoms with Crippen molar-refractivity contribution in [1.29, 1.82) is 0 Å². The van der Waals surface area contributed by atoms with Crippen LogP contribution < -0.4 is 9.80 Å². The molecule has 4 rings (SSSR count). The van der Waals surface area contributed by atoms with Gasteiger partial charge in [0.25, 0.3) is 0 Å². The lowest BCUT2D eigenvalue weighted by Gasteiger charge is -2.33. The monoisotopic (exact) mass is 410 g/mol. The molecule has 162 valence electrons. The van der Waals surface area contributed by atoms with Crippen molar-refractivity contribution in [2.75, 3.05) is 50.7 Å². The highest BCUT2D eigenvalue weighted by Gasteiger charge is 2.29. The van der Waals surface area contributed by atoms with E-state index in [-0.39, 0.29) is 5.91 Å². The minimum absolute atomic E-state index is 0.277. The van der Waals surface area contributed by atoms with Crippen LogP contribution in [-0.2, 0) is 4.79 Å². The Morgan fingerprint density at radius 2 is 1.93 bits per heavy atom. The largest absolute Gasteiger partial charge is 0.355 e. The molecule has 0 spiro atoms. The molecule has 6 heteroatoms. The maximum Gasteiger partial charge on any atom is 0.224 e. The summed E-state index contributed by atoms with van der Waals surface area (Å²) in [4.78, 5) is 28.7. The van der Waals surface area contributed by atoms with Gasteiger partial charge in [0, 0.05) is 30.8 Å². The summed E-state index contributed by atoms with van der Waals surface area (Å²) in [5.74, 6) is 3.26.